The lowest BCUT2D eigenvalue weighted by Crippen LogP contribution is -2.40. The number of rotatable bonds is 3. The van der Waals surface area contributed by atoms with Gasteiger partial charge in [0.1, 0.15) is 0 Å². The Morgan fingerprint density at radius 3 is 2.22 bits per heavy atom. The van der Waals surface area contributed by atoms with E-state index in [0.29, 0.717) is 11.3 Å². The lowest BCUT2D eigenvalue weighted by molar-refractivity contribution is -0.120. The van der Waals surface area contributed by atoms with E-state index in [-0.39, 0.29) is 41.7 Å². The van der Waals surface area contributed by atoms with Crippen LogP contribution in [0.3, 0.4) is 0 Å². The van der Waals surface area contributed by atoms with Gasteiger partial charge < -0.3 is 16.4 Å². The first kappa shape index (κ1) is 19.5. The molecule has 1 saturated carbocycles. The molecule has 0 heterocycles. The summed E-state index contributed by atoms with van der Waals surface area (Å²) in [6.45, 7) is 5.80. The van der Waals surface area contributed by atoms with E-state index in [0.717, 1.165) is 19.3 Å². The van der Waals surface area contributed by atoms with Crippen LogP contribution in [0.25, 0.3) is 0 Å². The lowest BCUT2D eigenvalue weighted by Gasteiger charge is -2.20. The molecule has 2 unspecified atom stereocenters. The second-order valence-electron chi connectivity index (χ2n) is 6.97. The first-order chi connectivity index (χ1) is 10.3. The van der Waals surface area contributed by atoms with Crippen molar-refractivity contribution in [3.8, 4) is 0 Å². The molecule has 0 bridgehead atoms. The Morgan fingerprint density at radius 1 is 1.13 bits per heavy atom. The van der Waals surface area contributed by atoms with Crippen LogP contribution in [0.15, 0.2) is 24.3 Å². The van der Waals surface area contributed by atoms with Crippen molar-refractivity contribution in [2.75, 3.05) is 5.32 Å². The van der Waals surface area contributed by atoms with Gasteiger partial charge in [0.15, 0.2) is 0 Å². The summed E-state index contributed by atoms with van der Waals surface area (Å²) < 4.78 is 0. The molecule has 2 amide bonds. The smallest absolute Gasteiger partial charge is 0.251 e. The van der Waals surface area contributed by atoms with Crippen LogP contribution < -0.4 is 16.4 Å². The van der Waals surface area contributed by atoms with Gasteiger partial charge in [-0.3, -0.25) is 9.59 Å². The molecule has 1 aliphatic rings. The van der Waals surface area contributed by atoms with Crippen LogP contribution in [0.1, 0.15) is 50.4 Å². The van der Waals surface area contributed by atoms with Crippen LogP contribution in [0.5, 0.6) is 0 Å². The zero-order valence-electron chi connectivity index (χ0n) is 13.9. The molecule has 0 spiro atoms. The summed E-state index contributed by atoms with van der Waals surface area (Å²) in [7, 11) is 0. The van der Waals surface area contributed by atoms with Crippen molar-refractivity contribution in [1.29, 1.82) is 0 Å². The Bertz CT molecular complexity index is 552. The van der Waals surface area contributed by atoms with E-state index in [9.17, 15) is 9.59 Å². The summed E-state index contributed by atoms with van der Waals surface area (Å²) in [4.78, 5) is 24.2. The third-order valence-corrected chi connectivity index (χ3v) is 3.81. The fourth-order valence-electron chi connectivity index (χ4n) is 2.67. The zero-order chi connectivity index (χ0) is 16.3. The van der Waals surface area contributed by atoms with Gasteiger partial charge in [0, 0.05) is 22.8 Å². The fraction of sp³-hybridized carbons (Fsp3) is 0.529. The number of anilines is 1. The van der Waals surface area contributed by atoms with Crippen LogP contribution in [-0.2, 0) is 4.79 Å². The molecule has 4 N–H and O–H groups in total. The molecule has 1 fully saturated rings. The Balaban J connectivity index is 0.00000264. The third kappa shape index (κ3) is 5.52. The molecule has 1 aliphatic carbocycles. The number of hydrogen-bond acceptors (Lipinski definition) is 3. The molecule has 2 rings (SSSR count). The molecule has 0 radical (unpaired) electrons. The average molecular weight is 340 g/mol. The van der Waals surface area contributed by atoms with Gasteiger partial charge in [0.25, 0.3) is 5.91 Å². The summed E-state index contributed by atoms with van der Waals surface area (Å²) in [6.07, 6.45) is 2.76. The number of benzene rings is 1. The van der Waals surface area contributed by atoms with E-state index in [1.165, 1.54) is 0 Å². The van der Waals surface area contributed by atoms with Crippen molar-refractivity contribution in [3.05, 3.63) is 29.8 Å². The highest BCUT2D eigenvalue weighted by Gasteiger charge is 2.30. The molecule has 23 heavy (non-hydrogen) atoms. The molecule has 0 saturated heterocycles. The minimum Gasteiger partial charge on any atom is -0.347 e. The SMILES string of the molecule is CC(C)(C)NC(=O)c1ccc(NC(=O)C2CCCC2N)cc1.Cl. The second-order valence-corrected chi connectivity index (χ2v) is 6.97. The van der Waals surface area contributed by atoms with Gasteiger partial charge in [-0.25, -0.2) is 0 Å². The van der Waals surface area contributed by atoms with Crippen molar-refractivity contribution in [1.82, 2.24) is 5.32 Å². The van der Waals surface area contributed by atoms with Crippen molar-refractivity contribution < 1.29 is 9.59 Å². The molecule has 0 aliphatic heterocycles. The lowest BCUT2D eigenvalue weighted by atomic mass is 10.0. The highest BCUT2D eigenvalue weighted by Crippen LogP contribution is 2.25. The average Bonchev–Trinajstić information content (AvgIpc) is 2.84. The quantitative estimate of drug-likeness (QED) is 0.791. The first-order valence-corrected chi connectivity index (χ1v) is 7.75. The zero-order valence-corrected chi connectivity index (χ0v) is 14.7. The van der Waals surface area contributed by atoms with Crippen molar-refractivity contribution >= 4 is 29.9 Å². The number of carbonyl (C=O) groups is 2. The number of hydrogen-bond donors (Lipinski definition) is 3. The Morgan fingerprint density at radius 2 is 1.74 bits per heavy atom. The fourth-order valence-corrected chi connectivity index (χ4v) is 2.67. The maximum Gasteiger partial charge on any atom is 0.251 e. The van der Waals surface area contributed by atoms with E-state index in [2.05, 4.69) is 10.6 Å². The van der Waals surface area contributed by atoms with Gasteiger partial charge in [0.2, 0.25) is 5.91 Å². The molecule has 1 aromatic carbocycles. The molecular formula is C17H26ClN3O2. The van der Waals surface area contributed by atoms with E-state index < -0.39 is 0 Å². The van der Waals surface area contributed by atoms with Crippen molar-refractivity contribution in [2.24, 2.45) is 11.7 Å². The van der Waals surface area contributed by atoms with Crippen LogP contribution in [0.4, 0.5) is 5.69 Å². The summed E-state index contributed by atoms with van der Waals surface area (Å²) in [5, 5.41) is 5.78. The van der Waals surface area contributed by atoms with E-state index in [1.54, 1.807) is 24.3 Å². The van der Waals surface area contributed by atoms with Crippen molar-refractivity contribution in [3.63, 3.8) is 0 Å². The molecule has 1 aromatic rings. The van der Waals surface area contributed by atoms with Crippen LogP contribution in [0.2, 0.25) is 0 Å². The Kier molecular flexibility index (Phi) is 6.59. The molecule has 6 heteroatoms. The first-order valence-electron chi connectivity index (χ1n) is 7.75. The predicted molar refractivity (Wildman–Crippen MR) is 94.9 cm³/mol. The summed E-state index contributed by atoms with van der Waals surface area (Å²) in [5.74, 6) is -0.260. The molecule has 5 nitrogen and oxygen atoms in total. The number of amides is 2. The molecule has 0 aromatic heterocycles. The Hall–Kier alpha value is -1.59. The topological polar surface area (TPSA) is 84.2 Å². The minimum absolute atomic E-state index is 0. The predicted octanol–water partition coefficient (Wildman–Crippen LogP) is 2.70. The monoisotopic (exact) mass is 339 g/mol. The third-order valence-electron chi connectivity index (χ3n) is 3.81. The van der Waals surface area contributed by atoms with Gasteiger partial charge in [0.05, 0.1) is 5.92 Å². The van der Waals surface area contributed by atoms with Crippen LogP contribution >= 0.6 is 12.4 Å². The van der Waals surface area contributed by atoms with E-state index in [1.807, 2.05) is 20.8 Å². The van der Waals surface area contributed by atoms with Gasteiger partial charge in [-0.2, -0.15) is 0 Å². The normalized spacial score (nSPS) is 20.5. The minimum atomic E-state index is -0.275. The van der Waals surface area contributed by atoms with Gasteiger partial charge in [-0.05, 0) is 57.9 Å². The molecule has 2 atom stereocenters. The summed E-state index contributed by atoms with van der Waals surface area (Å²) >= 11 is 0. The van der Waals surface area contributed by atoms with Gasteiger partial charge in [-0.1, -0.05) is 6.42 Å². The summed E-state index contributed by atoms with van der Waals surface area (Å²) in [6, 6.07) is 6.87. The maximum absolute atomic E-state index is 12.2. The van der Waals surface area contributed by atoms with Gasteiger partial charge >= 0.3 is 0 Å². The number of halogens is 1. The number of nitrogens with one attached hydrogen (secondary N) is 2. The molecular weight excluding hydrogens is 314 g/mol. The standard InChI is InChI=1S/C17H25N3O2.ClH/c1-17(2,3)20-15(21)11-7-9-12(10-8-11)19-16(22)13-5-4-6-14(13)18;/h7-10,13-14H,4-6,18H2,1-3H3,(H,19,22)(H,20,21);1H. The highest BCUT2D eigenvalue weighted by molar-refractivity contribution is 5.96. The maximum atomic E-state index is 12.2. The number of carbonyl (C=O) groups excluding carboxylic acids is 2. The second kappa shape index (κ2) is 7.79. The van der Waals surface area contributed by atoms with E-state index >= 15 is 0 Å². The van der Waals surface area contributed by atoms with Crippen LogP contribution in [-0.4, -0.2) is 23.4 Å². The largest absolute Gasteiger partial charge is 0.347 e. The Labute approximate surface area is 143 Å². The highest BCUT2D eigenvalue weighted by atomic mass is 35.5. The molecule has 128 valence electrons. The van der Waals surface area contributed by atoms with Crippen molar-refractivity contribution in [2.45, 2.75) is 51.6 Å². The number of nitrogens with two attached hydrogens (primary N) is 1. The summed E-state index contributed by atoms with van der Waals surface area (Å²) in [5.41, 5.74) is 6.93. The van der Waals surface area contributed by atoms with E-state index in [4.69, 9.17) is 5.73 Å². The van der Waals surface area contributed by atoms with Crippen LogP contribution in [0, 0.1) is 5.92 Å². The van der Waals surface area contributed by atoms with Gasteiger partial charge in [-0.15, -0.1) is 12.4 Å².